The molecule has 0 spiro atoms. The largest absolute Gasteiger partial charge is 0.547 e. The van der Waals surface area contributed by atoms with Crippen LogP contribution in [0.3, 0.4) is 0 Å². The molecule has 0 saturated heterocycles. The number of esters is 2. The van der Waals surface area contributed by atoms with Crippen LogP contribution in [0.15, 0.2) is 18.2 Å². The zero-order chi connectivity index (χ0) is 19.8. The molecule has 2 rings (SSSR count). The molecule has 0 bridgehead atoms. The maximum atomic E-state index is 12.3. The van der Waals surface area contributed by atoms with Gasteiger partial charge in [-0.1, -0.05) is 32.4 Å². The molecule has 1 unspecified atom stereocenters. The summed E-state index contributed by atoms with van der Waals surface area (Å²) in [4.78, 5) is 35.3. The van der Waals surface area contributed by atoms with E-state index in [2.05, 4.69) is 5.32 Å². The minimum atomic E-state index is -1.28. The Hall–Kier alpha value is -2.55. The van der Waals surface area contributed by atoms with Crippen molar-refractivity contribution in [1.82, 2.24) is 5.32 Å². The van der Waals surface area contributed by atoms with Gasteiger partial charge in [0.15, 0.2) is 0 Å². The fourth-order valence-corrected chi connectivity index (χ4v) is 2.64. The van der Waals surface area contributed by atoms with Gasteiger partial charge in [-0.15, -0.1) is 0 Å². The smallest absolute Gasteiger partial charge is 0.534 e. The average Bonchev–Trinajstić information content (AvgIpc) is 2.66. The van der Waals surface area contributed by atoms with Gasteiger partial charge in [0.25, 0.3) is 0 Å². The number of carbonyl (C=O) groups is 3. The summed E-state index contributed by atoms with van der Waals surface area (Å²) in [6.07, 6.45) is 2.45. The Morgan fingerprint density at radius 3 is 2.78 bits per heavy atom. The minimum Gasteiger partial charge on any atom is -0.534 e. The van der Waals surface area contributed by atoms with E-state index in [-0.39, 0.29) is 23.6 Å². The van der Waals surface area contributed by atoms with E-state index >= 15 is 0 Å². The van der Waals surface area contributed by atoms with Gasteiger partial charge in [-0.3, -0.25) is 9.59 Å². The highest BCUT2D eigenvalue weighted by Crippen LogP contribution is 2.30. The first-order valence-electron chi connectivity index (χ1n) is 9.05. The van der Waals surface area contributed by atoms with Gasteiger partial charge < -0.3 is 24.5 Å². The van der Waals surface area contributed by atoms with Crippen LogP contribution in [-0.4, -0.2) is 42.7 Å². The number of unbranched alkanes of at least 4 members (excludes halogenated alkanes) is 1. The van der Waals surface area contributed by atoms with Crippen molar-refractivity contribution in [2.45, 2.75) is 51.9 Å². The third-order valence-electron chi connectivity index (χ3n) is 4.15. The summed E-state index contributed by atoms with van der Waals surface area (Å²) in [6, 6.07) is 4.90. The number of fused-ring (bicyclic) bond motifs is 1. The van der Waals surface area contributed by atoms with Gasteiger partial charge >= 0.3 is 19.1 Å². The van der Waals surface area contributed by atoms with E-state index in [4.69, 9.17) is 14.1 Å². The third-order valence-corrected chi connectivity index (χ3v) is 4.15. The normalized spacial score (nSPS) is 15.4. The maximum Gasteiger partial charge on any atom is 0.547 e. The van der Waals surface area contributed by atoms with Gasteiger partial charge in [0.05, 0.1) is 5.94 Å². The molecule has 1 amide bonds. The monoisotopic (exact) mass is 377 g/mol. The Kier molecular flexibility index (Phi) is 7.66. The lowest BCUT2D eigenvalue weighted by Gasteiger charge is -2.29. The third kappa shape index (κ3) is 5.72. The number of carbonyl (C=O) groups excluding carboxylic acids is 3. The molecular formula is C18H24BNO7. The van der Waals surface area contributed by atoms with Crippen molar-refractivity contribution in [2.75, 3.05) is 6.79 Å². The second-order valence-electron chi connectivity index (χ2n) is 6.20. The topological polar surface area (TPSA) is 111 Å². The van der Waals surface area contributed by atoms with Gasteiger partial charge in [0.1, 0.15) is 11.3 Å². The molecule has 9 heteroatoms. The predicted molar refractivity (Wildman–Crippen MR) is 96.9 cm³/mol. The van der Waals surface area contributed by atoms with Gasteiger partial charge in [-0.05, 0) is 24.5 Å². The molecule has 0 saturated carbocycles. The Bertz CT molecular complexity index is 694. The molecule has 1 aliphatic rings. The number of hydrogen-bond donors (Lipinski definition) is 2. The van der Waals surface area contributed by atoms with E-state index in [1.165, 1.54) is 6.07 Å². The molecule has 0 fully saturated rings. The van der Waals surface area contributed by atoms with Crippen LogP contribution in [0.1, 0.15) is 55.5 Å². The minimum absolute atomic E-state index is 0.122. The van der Waals surface area contributed by atoms with Crippen molar-refractivity contribution in [3.63, 3.8) is 0 Å². The van der Waals surface area contributed by atoms with E-state index in [0.29, 0.717) is 24.8 Å². The molecule has 1 atom stereocenters. The highest BCUT2D eigenvalue weighted by molar-refractivity contribution is 6.47. The highest BCUT2D eigenvalue weighted by atomic mass is 16.7. The van der Waals surface area contributed by atoms with Crippen LogP contribution in [-0.2, 0) is 25.5 Å². The van der Waals surface area contributed by atoms with Crippen LogP contribution in [0.25, 0.3) is 0 Å². The van der Waals surface area contributed by atoms with E-state index in [1.54, 1.807) is 19.1 Å². The van der Waals surface area contributed by atoms with Crippen LogP contribution in [0, 0.1) is 0 Å². The molecule has 1 aromatic rings. The molecule has 146 valence electrons. The maximum absolute atomic E-state index is 12.3. The molecule has 2 N–H and O–H groups in total. The molecule has 1 aromatic carbocycles. The number of nitrogens with one attached hydrogen (secondary N) is 1. The van der Waals surface area contributed by atoms with E-state index in [9.17, 15) is 19.4 Å². The van der Waals surface area contributed by atoms with Crippen molar-refractivity contribution in [3.8, 4) is 5.75 Å². The highest BCUT2D eigenvalue weighted by Gasteiger charge is 2.37. The molecule has 0 aliphatic carbocycles. The number of para-hydroxylation sites is 1. The zero-order valence-electron chi connectivity index (χ0n) is 15.5. The van der Waals surface area contributed by atoms with Gasteiger partial charge in [0.2, 0.25) is 12.7 Å². The molecule has 27 heavy (non-hydrogen) atoms. The van der Waals surface area contributed by atoms with E-state index in [0.717, 1.165) is 6.42 Å². The zero-order valence-corrected chi connectivity index (χ0v) is 15.5. The molecule has 1 heterocycles. The van der Waals surface area contributed by atoms with Crippen molar-refractivity contribution < 1.29 is 33.5 Å². The van der Waals surface area contributed by atoms with E-state index < -0.39 is 31.8 Å². The molecule has 0 radical (unpaired) electrons. The number of hydrogen-bond acceptors (Lipinski definition) is 7. The van der Waals surface area contributed by atoms with E-state index in [1.807, 2.05) is 6.92 Å². The predicted octanol–water partition coefficient (Wildman–Crippen LogP) is 1.38. The first-order valence-corrected chi connectivity index (χ1v) is 9.05. The van der Waals surface area contributed by atoms with Crippen molar-refractivity contribution >= 4 is 25.0 Å². The fourth-order valence-electron chi connectivity index (χ4n) is 2.64. The standard InChI is InChI=1S/C18H24BNO7/c1-3-5-9-16(22)25-11-26-18(23)13-8-6-7-12-10-14(20-15(21)4-2)19(24)27-17(12)13/h6-8,14,24H,3-5,9-11H2,1-2H3,(H,20,21). The number of rotatable bonds is 8. The molecule has 1 aliphatic heterocycles. The Morgan fingerprint density at radius 2 is 2.07 bits per heavy atom. The Balaban J connectivity index is 2.00. The summed E-state index contributed by atoms with van der Waals surface area (Å²) in [7, 11) is -1.28. The summed E-state index contributed by atoms with van der Waals surface area (Å²) in [6.45, 7) is 3.18. The van der Waals surface area contributed by atoms with Gasteiger partial charge in [-0.2, -0.15) is 0 Å². The second-order valence-corrected chi connectivity index (χ2v) is 6.20. The Labute approximate surface area is 158 Å². The number of benzene rings is 1. The quantitative estimate of drug-likeness (QED) is 0.400. The molecule has 8 nitrogen and oxygen atoms in total. The lowest BCUT2D eigenvalue weighted by Crippen LogP contribution is -2.53. The van der Waals surface area contributed by atoms with Crippen molar-refractivity contribution in [1.29, 1.82) is 0 Å². The summed E-state index contributed by atoms with van der Waals surface area (Å²) >= 11 is 0. The lowest BCUT2D eigenvalue weighted by molar-refractivity contribution is -0.152. The van der Waals surface area contributed by atoms with Gasteiger partial charge in [0, 0.05) is 12.8 Å². The summed E-state index contributed by atoms with van der Waals surface area (Å²) in [5, 5.41) is 12.8. The molecular weight excluding hydrogens is 353 g/mol. The van der Waals surface area contributed by atoms with Crippen LogP contribution in [0.4, 0.5) is 0 Å². The first kappa shape index (κ1) is 20.8. The second kappa shape index (κ2) is 9.96. The number of amides is 1. The van der Waals surface area contributed by atoms with Gasteiger partial charge in [-0.25, -0.2) is 4.79 Å². The number of ether oxygens (including phenoxy) is 2. The summed E-state index contributed by atoms with van der Waals surface area (Å²) in [5.74, 6) is -1.75. The van der Waals surface area contributed by atoms with Crippen LogP contribution < -0.4 is 9.97 Å². The first-order chi connectivity index (χ1) is 13.0. The van der Waals surface area contributed by atoms with Crippen LogP contribution >= 0.6 is 0 Å². The van der Waals surface area contributed by atoms with Crippen molar-refractivity contribution in [2.24, 2.45) is 0 Å². The SMILES string of the molecule is CCCCC(=O)OCOC(=O)c1cccc2c1OB(O)C(NC(=O)CC)C2. The van der Waals surface area contributed by atoms with Crippen LogP contribution in [0.5, 0.6) is 5.75 Å². The lowest BCUT2D eigenvalue weighted by atomic mass is 9.72. The van der Waals surface area contributed by atoms with Crippen molar-refractivity contribution in [3.05, 3.63) is 29.3 Å². The summed E-state index contributed by atoms with van der Waals surface area (Å²) < 4.78 is 15.3. The summed E-state index contributed by atoms with van der Waals surface area (Å²) in [5.41, 5.74) is 0.785. The molecule has 0 aromatic heterocycles. The average molecular weight is 377 g/mol. The van der Waals surface area contributed by atoms with Crippen LogP contribution in [0.2, 0.25) is 0 Å². The fraction of sp³-hybridized carbons (Fsp3) is 0.500. The Morgan fingerprint density at radius 1 is 1.30 bits per heavy atom.